The van der Waals surface area contributed by atoms with E-state index >= 15 is 0 Å². The molecule has 7 nitrogen and oxygen atoms in total. The fourth-order valence-electron chi connectivity index (χ4n) is 3.90. The van der Waals surface area contributed by atoms with Gasteiger partial charge in [0, 0.05) is 18.1 Å². The van der Waals surface area contributed by atoms with Crippen LogP contribution in [0.25, 0.3) is 0 Å². The molecule has 0 unspecified atom stereocenters. The zero-order valence-electron chi connectivity index (χ0n) is 23.0. The lowest BCUT2D eigenvalue weighted by Gasteiger charge is -2.32. The Bertz CT molecular complexity index is 1370. The van der Waals surface area contributed by atoms with Crippen LogP contribution in [-0.4, -0.2) is 44.3 Å². The predicted molar refractivity (Wildman–Crippen MR) is 156 cm³/mol. The van der Waals surface area contributed by atoms with E-state index in [1.54, 1.807) is 67.6 Å². The third kappa shape index (κ3) is 8.07. The SMILES string of the molecule is Cc1ccc(N(CC(=O)N(Cc2ccc(Cl)cc2)[C@@H](C)C(=O)NCC(C)C)S(=O)(=O)c2ccc(C)cc2)cc1. The molecule has 3 aromatic carbocycles. The van der Waals surface area contributed by atoms with E-state index in [1.165, 1.54) is 17.0 Å². The number of hydrogen-bond acceptors (Lipinski definition) is 4. The van der Waals surface area contributed by atoms with Gasteiger partial charge in [-0.15, -0.1) is 0 Å². The summed E-state index contributed by atoms with van der Waals surface area (Å²) in [6, 6.07) is 19.6. The van der Waals surface area contributed by atoms with Crippen molar-refractivity contribution in [3.63, 3.8) is 0 Å². The van der Waals surface area contributed by atoms with Crippen molar-refractivity contribution in [2.75, 3.05) is 17.4 Å². The molecule has 0 spiro atoms. The molecule has 1 atom stereocenters. The molecule has 0 heterocycles. The van der Waals surface area contributed by atoms with Gasteiger partial charge >= 0.3 is 0 Å². The van der Waals surface area contributed by atoms with Crippen molar-refractivity contribution in [2.45, 2.75) is 52.1 Å². The average molecular weight is 570 g/mol. The first-order valence-electron chi connectivity index (χ1n) is 12.9. The molecular weight excluding hydrogens is 534 g/mol. The Morgan fingerprint density at radius 3 is 1.92 bits per heavy atom. The van der Waals surface area contributed by atoms with E-state index < -0.39 is 28.5 Å². The van der Waals surface area contributed by atoms with E-state index in [0.717, 1.165) is 21.0 Å². The summed E-state index contributed by atoms with van der Waals surface area (Å²) in [5, 5.41) is 3.43. The van der Waals surface area contributed by atoms with Crippen LogP contribution in [0.5, 0.6) is 0 Å². The standard InChI is InChI=1S/C30H36ClN3O4S/c1-21(2)18-32-30(36)24(5)33(19-25-10-12-26(31)13-11-25)29(35)20-34(27-14-6-22(3)7-15-27)39(37,38)28-16-8-23(4)9-17-28/h6-17,21,24H,18-20H2,1-5H3,(H,32,36)/t24-/m0/s1. The van der Waals surface area contributed by atoms with Crippen LogP contribution in [-0.2, 0) is 26.2 Å². The highest BCUT2D eigenvalue weighted by Crippen LogP contribution is 2.25. The summed E-state index contributed by atoms with van der Waals surface area (Å²) >= 11 is 6.04. The summed E-state index contributed by atoms with van der Waals surface area (Å²) in [5.74, 6) is -0.582. The monoisotopic (exact) mass is 569 g/mol. The average Bonchev–Trinajstić information content (AvgIpc) is 2.90. The van der Waals surface area contributed by atoms with E-state index in [1.807, 2.05) is 27.7 Å². The number of nitrogens with zero attached hydrogens (tertiary/aromatic N) is 2. The van der Waals surface area contributed by atoms with Gasteiger partial charge in [-0.1, -0.05) is 73.0 Å². The molecule has 0 fully saturated rings. The third-order valence-corrected chi connectivity index (χ3v) is 8.37. The Labute approximate surface area is 236 Å². The second-order valence-corrected chi connectivity index (χ2v) is 12.4. The largest absolute Gasteiger partial charge is 0.354 e. The van der Waals surface area contributed by atoms with Crippen molar-refractivity contribution >= 4 is 39.1 Å². The molecule has 9 heteroatoms. The van der Waals surface area contributed by atoms with Gasteiger partial charge in [0.25, 0.3) is 10.0 Å². The molecule has 0 aliphatic heterocycles. The topological polar surface area (TPSA) is 86.8 Å². The van der Waals surface area contributed by atoms with Crippen LogP contribution in [0.1, 0.15) is 37.5 Å². The van der Waals surface area contributed by atoms with Crippen molar-refractivity contribution in [3.05, 3.63) is 94.5 Å². The van der Waals surface area contributed by atoms with Gasteiger partial charge < -0.3 is 10.2 Å². The molecule has 39 heavy (non-hydrogen) atoms. The van der Waals surface area contributed by atoms with E-state index in [0.29, 0.717) is 17.3 Å². The fourth-order valence-corrected chi connectivity index (χ4v) is 5.44. The smallest absolute Gasteiger partial charge is 0.264 e. The molecule has 0 radical (unpaired) electrons. The van der Waals surface area contributed by atoms with Gasteiger partial charge in [0.05, 0.1) is 10.6 Å². The lowest BCUT2D eigenvalue weighted by molar-refractivity contribution is -0.139. The first kappa shape index (κ1) is 30.2. The minimum atomic E-state index is -4.09. The minimum absolute atomic E-state index is 0.0773. The van der Waals surface area contributed by atoms with Gasteiger partial charge in [-0.3, -0.25) is 13.9 Å². The Hall–Kier alpha value is -3.36. The first-order valence-corrected chi connectivity index (χ1v) is 14.7. The molecule has 208 valence electrons. The molecule has 0 saturated carbocycles. The molecule has 1 N–H and O–H groups in total. The molecular formula is C30H36ClN3O4S. The fraction of sp³-hybridized carbons (Fsp3) is 0.333. The van der Waals surface area contributed by atoms with E-state index in [4.69, 9.17) is 11.6 Å². The quantitative estimate of drug-likeness (QED) is 0.338. The number of aryl methyl sites for hydroxylation is 2. The Balaban J connectivity index is 2.00. The maximum atomic E-state index is 13.9. The zero-order chi connectivity index (χ0) is 28.7. The van der Waals surface area contributed by atoms with Gasteiger partial charge in [-0.25, -0.2) is 8.42 Å². The number of anilines is 1. The van der Waals surface area contributed by atoms with Gasteiger partial charge in [-0.05, 0) is 68.7 Å². The number of nitrogens with one attached hydrogen (secondary N) is 1. The van der Waals surface area contributed by atoms with E-state index in [2.05, 4.69) is 5.32 Å². The van der Waals surface area contributed by atoms with Crippen LogP contribution in [0.4, 0.5) is 5.69 Å². The lowest BCUT2D eigenvalue weighted by atomic mass is 10.1. The number of benzene rings is 3. The highest BCUT2D eigenvalue weighted by atomic mass is 35.5. The molecule has 0 aliphatic carbocycles. The van der Waals surface area contributed by atoms with Crippen LogP contribution >= 0.6 is 11.6 Å². The number of amides is 2. The van der Waals surface area contributed by atoms with Crippen LogP contribution in [0.2, 0.25) is 5.02 Å². The molecule has 3 rings (SSSR count). The molecule has 2 amide bonds. The zero-order valence-corrected chi connectivity index (χ0v) is 24.6. The van der Waals surface area contributed by atoms with E-state index in [9.17, 15) is 18.0 Å². The number of carbonyl (C=O) groups excluding carboxylic acids is 2. The summed E-state index contributed by atoms with van der Waals surface area (Å²) in [5.41, 5.74) is 3.00. The number of sulfonamides is 1. The number of carbonyl (C=O) groups is 2. The van der Waals surface area contributed by atoms with Gasteiger partial charge in [0.15, 0.2) is 0 Å². The Morgan fingerprint density at radius 2 is 1.38 bits per heavy atom. The van der Waals surface area contributed by atoms with Crippen LogP contribution in [0.3, 0.4) is 0 Å². The summed E-state index contributed by atoms with van der Waals surface area (Å²) in [6.07, 6.45) is 0. The summed E-state index contributed by atoms with van der Waals surface area (Å²) in [7, 11) is -4.09. The lowest BCUT2D eigenvalue weighted by Crippen LogP contribution is -2.51. The molecule has 0 aliphatic rings. The molecule has 0 saturated heterocycles. The van der Waals surface area contributed by atoms with Gasteiger partial charge in [0.1, 0.15) is 12.6 Å². The highest BCUT2D eigenvalue weighted by Gasteiger charge is 2.32. The van der Waals surface area contributed by atoms with E-state index in [-0.39, 0.29) is 23.3 Å². The highest BCUT2D eigenvalue weighted by molar-refractivity contribution is 7.92. The second-order valence-electron chi connectivity index (χ2n) is 10.1. The van der Waals surface area contributed by atoms with Crippen molar-refractivity contribution in [1.82, 2.24) is 10.2 Å². The molecule has 0 bridgehead atoms. The van der Waals surface area contributed by atoms with Crippen LogP contribution in [0, 0.1) is 19.8 Å². The maximum Gasteiger partial charge on any atom is 0.264 e. The van der Waals surface area contributed by atoms with Crippen LogP contribution < -0.4 is 9.62 Å². The maximum absolute atomic E-state index is 13.9. The van der Waals surface area contributed by atoms with Crippen LogP contribution in [0.15, 0.2) is 77.7 Å². The first-order chi connectivity index (χ1) is 18.4. The number of halogens is 1. The van der Waals surface area contributed by atoms with Crippen molar-refractivity contribution in [1.29, 1.82) is 0 Å². The molecule has 0 aromatic heterocycles. The van der Waals surface area contributed by atoms with Crippen molar-refractivity contribution < 1.29 is 18.0 Å². The number of hydrogen-bond donors (Lipinski definition) is 1. The van der Waals surface area contributed by atoms with Gasteiger partial charge in [0.2, 0.25) is 11.8 Å². The predicted octanol–water partition coefficient (Wildman–Crippen LogP) is 5.34. The molecule has 3 aromatic rings. The Kier molecular flexibility index (Phi) is 10.2. The summed E-state index contributed by atoms with van der Waals surface area (Å²) in [4.78, 5) is 28.4. The van der Waals surface area contributed by atoms with Gasteiger partial charge in [-0.2, -0.15) is 0 Å². The minimum Gasteiger partial charge on any atom is -0.354 e. The second kappa shape index (κ2) is 13.1. The summed E-state index contributed by atoms with van der Waals surface area (Å²) < 4.78 is 28.8. The third-order valence-electron chi connectivity index (χ3n) is 6.33. The normalized spacial score (nSPS) is 12.2. The van der Waals surface area contributed by atoms with Crippen molar-refractivity contribution in [3.8, 4) is 0 Å². The van der Waals surface area contributed by atoms with Crippen molar-refractivity contribution in [2.24, 2.45) is 5.92 Å². The number of rotatable bonds is 11. The summed E-state index contributed by atoms with van der Waals surface area (Å²) in [6.45, 7) is 9.48. The Morgan fingerprint density at radius 1 is 0.846 bits per heavy atom.